The average Bonchev–Trinajstić information content (AvgIpc) is 3.45. The van der Waals surface area contributed by atoms with Crippen LogP contribution in [-0.2, 0) is 12.8 Å². The SMILES string of the molecule is Fc1cccc(C(F)(F)F)c1COn1ccc2ncc(-c3cnn(C4CCNCC4)c3)cc21. The molecule has 1 aromatic carbocycles. The number of hydrogen-bond acceptors (Lipinski definition) is 4. The van der Waals surface area contributed by atoms with E-state index in [-0.39, 0.29) is 0 Å². The third kappa shape index (κ3) is 4.30. The van der Waals surface area contributed by atoms with Gasteiger partial charge in [-0.25, -0.2) is 4.39 Å². The molecular weight excluding hydrogens is 438 g/mol. The molecule has 0 radical (unpaired) electrons. The number of piperidine rings is 1. The first-order valence-electron chi connectivity index (χ1n) is 10.6. The zero-order chi connectivity index (χ0) is 23.0. The predicted octanol–water partition coefficient (Wildman–Crippen LogP) is 4.61. The maximum absolute atomic E-state index is 14.1. The van der Waals surface area contributed by atoms with Crippen molar-refractivity contribution < 1.29 is 22.4 Å². The zero-order valence-electron chi connectivity index (χ0n) is 17.5. The molecule has 4 aromatic rings. The van der Waals surface area contributed by atoms with Crippen molar-refractivity contribution in [1.29, 1.82) is 0 Å². The van der Waals surface area contributed by atoms with Crippen LogP contribution in [0, 0.1) is 5.82 Å². The van der Waals surface area contributed by atoms with Crippen LogP contribution < -0.4 is 10.2 Å². The monoisotopic (exact) mass is 459 g/mol. The van der Waals surface area contributed by atoms with E-state index in [0.29, 0.717) is 17.1 Å². The Balaban J connectivity index is 1.41. The van der Waals surface area contributed by atoms with E-state index >= 15 is 0 Å². The highest BCUT2D eigenvalue weighted by molar-refractivity contribution is 5.80. The first kappa shape index (κ1) is 21.4. The fourth-order valence-electron chi connectivity index (χ4n) is 4.12. The summed E-state index contributed by atoms with van der Waals surface area (Å²) in [6.45, 7) is 1.33. The predicted molar refractivity (Wildman–Crippen MR) is 114 cm³/mol. The van der Waals surface area contributed by atoms with Crippen LogP contribution in [0.15, 0.2) is 55.1 Å². The summed E-state index contributed by atoms with van der Waals surface area (Å²) in [4.78, 5) is 9.99. The molecule has 1 saturated heterocycles. The second-order valence-corrected chi connectivity index (χ2v) is 8.00. The Morgan fingerprint density at radius 3 is 2.70 bits per heavy atom. The number of nitrogens with zero attached hydrogens (tertiary/aromatic N) is 4. The van der Waals surface area contributed by atoms with E-state index in [0.717, 1.165) is 55.3 Å². The van der Waals surface area contributed by atoms with Crippen molar-refractivity contribution in [2.24, 2.45) is 0 Å². The molecule has 3 aromatic heterocycles. The molecule has 0 amide bonds. The van der Waals surface area contributed by atoms with Gasteiger partial charge in [0.1, 0.15) is 17.9 Å². The largest absolute Gasteiger partial charge is 0.416 e. The fraction of sp³-hybridized carbons (Fsp3) is 0.304. The summed E-state index contributed by atoms with van der Waals surface area (Å²) in [7, 11) is 0. The first-order chi connectivity index (χ1) is 15.9. The van der Waals surface area contributed by atoms with Crippen LogP contribution in [0.5, 0.6) is 0 Å². The van der Waals surface area contributed by atoms with Gasteiger partial charge in [0.05, 0.1) is 23.3 Å². The topological polar surface area (TPSA) is 56.9 Å². The van der Waals surface area contributed by atoms with Gasteiger partial charge in [0.25, 0.3) is 0 Å². The van der Waals surface area contributed by atoms with E-state index in [2.05, 4.69) is 15.4 Å². The Bertz CT molecular complexity index is 1270. The quantitative estimate of drug-likeness (QED) is 0.443. The van der Waals surface area contributed by atoms with Crippen molar-refractivity contribution in [2.45, 2.75) is 31.7 Å². The van der Waals surface area contributed by atoms with E-state index < -0.39 is 29.7 Å². The van der Waals surface area contributed by atoms with Gasteiger partial charge in [0, 0.05) is 35.3 Å². The maximum atomic E-state index is 14.1. The van der Waals surface area contributed by atoms with Crippen molar-refractivity contribution in [1.82, 2.24) is 24.8 Å². The molecular formula is C23H21F4N5O. The van der Waals surface area contributed by atoms with Gasteiger partial charge in [-0.3, -0.25) is 9.67 Å². The van der Waals surface area contributed by atoms with Gasteiger partial charge in [0.2, 0.25) is 0 Å². The molecule has 0 aliphatic carbocycles. The lowest BCUT2D eigenvalue weighted by Crippen LogP contribution is -2.29. The second-order valence-electron chi connectivity index (χ2n) is 8.00. The van der Waals surface area contributed by atoms with Gasteiger partial charge >= 0.3 is 6.18 Å². The van der Waals surface area contributed by atoms with Crippen molar-refractivity contribution in [2.75, 3.05) is 13.1 Å². The standard InChI is InChI=1S/C23H21F4N5O/c24-20-3-1-2-19(23(25,26)27)18(20)14-33-32-9-6-21-22(32)10-15(11-29-21)16-12-30-31(13-16)17-4-7-28-8-5-17/h1-3,6,9-13,17,28H,4-5,7-8,14H2. The lowest BCUT2D eigenvalue weighted by Gasteiger charge is -2.22. The number of aromatic nitrogens is 4. The highest BCUT2D eigenvalue weighted by atomic mass is 19.4. The number of nitrogens with one attached hydrogen (secondary N) is 1. The van der Waals surface area contributed by atoms with Crippen LogP contribution in [0.4, 0.5) is 17.6 Å². The van der Waals surface area contributed by atoms with E-state index in [1.165, 1.54) is 4.73 Å². The molecule has 1 fully saturated rings. The Morgan fingerprint density at radius 1 is 1.09 bits per heavy atom. The lowest BCUT2D eigenvalue weighted by molar-refractivity contribution is -0.139. The molecule has 33 heavy (non-hydrogen) atoms. The Hall–Kier alpha value is -3.40. The smallest absolute Gasteiger partial charge is 0.409 e. The molecule has 0 atom stereocenters. The minimum atomic E-state index is -4.68. The van der Waals surface area contributed by atoms with Crippen molar-refractivity contribution in [3.8, 4) is 11.1 Å². The van der Waals surface area contributed by atoms with E-state index in [4.69, 9.17) is 4.84 Å². The molecule has 0 unspecified atom stereocenters. The number of halogens is 4. The van der Waals surface area contributed by atoms with E-state index in [9.17, 15) is 17.6 Å². The van der Waals surface area contributed by atoms with Crippen LogP contribution >= 0.6 is 0 Å². The van der Waals surface area contributed by atoms with Gasteiger partial charge in [-0.1, -0.05) is 6.07 Å². The van der Waals surface area contributed by atoms with E-state index in [1.807, 2.05) is 16.9 Å². The number of pyridine rings is 1. The van der Waals surface area contributed by atoms with Gasteiger partial charge in [-0.15, -0.1) is 0 Å². The van der Waals surface area contributed by atoms with Gasteiger partial charge in [-0.2, -0.15) is 23.0 Å². The van der Waals surface area contributed by atoms with E-state index in [1.54, 1.807) is 24.7 Å². The average molecular weight is 459 g/mol. The van der Waals surface area contributed by atoms with Crippen molar-refractivity contribution in [3.05, 3.63) is 72.1 Å². The van der Waals surface area contributed by atoms with Crippen LogP contribution in [0.25, 0.3) is 22.2 Å². The molecule has 10 heteroatoms. The molecule has 0 saturated carbocycles. The molecule has 1 aliphatic heterocycles. The highest BCUT2D eigenvalue weighted by Crippen LogP contribution is 2.33. The zero-order valence-corrected chi connectivity index (χ0v) is 17.5. The van der Waals surface area contributed by atoms with Crippen molar-refractivity contribution in [3.63, 3.8) is 0 Å². The summed E-state index contributed by atoms with van der Waals surface area (Å²) in [5.74, 6) is -0.967. The van der Waals surface area contributed by atoms with Crippen LogP contribution in [0.1, 0.15) is 30.0 Å². The van der Waals surface area contributed by atoms with Gasteiger partial charge in [-0.05, 0) is 50.2 Å². The number of alkyl halides is 3. The number of benzene rings is 1. The maximum Gasteiger partial charge on any atom is 0.416 e. The van der Waals surface area contributed by atoms with Gasteiger partial charge in [0.15, 0.2) is 0 Å². The summed E-state index contributed by atoms with van der Waals surface area (Å²) in [5, 5.41) is 7.83. The number of hydrogen-bond donors (Lipinski definition) is 1. The van der Waals surface area contributed by atoms with Crippen LogP contribution in [0.2, 0.25) is 0 Å². The molecule has 4 heterocycles. The molecule has 6 nitrogen and oxygen atoms in total. The third-order valence-electron chi connectivity index (χ3n) is 5.89. The lowest BCUT2D eigenvalue weighted by atomic mass is 10.1. The minimum absolute atomic E-state index is 0.340. The number of rotatable bonds is 5. The summed E-state index contributed by atoms with van der Waals surface area (Å²) in [5.41, 5.74) is 1.25. The molecule has 5 rings (SSSR count). The third-order valence-corrected chi connectivity index (χ3v) is 5.89. The van der Waals surface area contributed by atoms with Gasteiger partial charge < -0.3 is 10.2 Å². The molecule has 1 aliphatic rings. The first-order valence-corrected chi connectivity index (χ1v) is 10.6. The Labute approximate surface area is 186 Å². The Morgan fingerprint density at radius 2 is 1.91 bits per heavy atom. The van der Waals surface area contributed by atoms with Crippen LogP contribution in [0.3, 0.4) is 0 Å². The minimum Gasteiger partial charge on any atom is -0.409 e. The second kappa shape index (κ2) is 8.51. The van der Waals surface area contributed by atoms with Crippen LogP contribution in [-0.4, -0.2) is 32.6 Å². The summed E-state index contributed by atoms with van der Waals surface area (Å²) >= 11 is 0. The summed E-state index contributed by atoms with van der Waals surface area (Å²) in [6, 6.07) is 6.72. The highest BCUT2D eigenvalue weighted by Gasteiger charge is 2.34. The summed E-state index contributed by atoms with van der Waals surface area (Å²) in [6.07, 6.45) is 4.35. The molecule has 1 N–H and O–H groups in total. The fourth-order valence-corrected chi connectivity index (χ4v) is 4.12. The molecule has 0 spiro atoms. The molecule has 172 valence electrons. The van der Waals surface area contributed by atoms with Crippen molar-refractivity contribution >= 4 is 11.0 Å². The summed E-state index contributed by atoms with van der Waals surface area (Å²) < 4.78 is 57.3. The Kier molecular flexibility index (Phi) is 5.53. The normalized spacial score (nSPS) is 15.3. The molecule has 0 bridgehead atoms. The number of fused-ring (bicyclic) bond motifs is 1.